The zero-order valence-corrected chi connectivity index (χ0v) is 18.4. The molecule has 6 nitrogen and oxygen atoms in total. The van der Waals surface area contributed by atoms with Crippen LogP contribution >= 0.6 is 11.6 Å². The molecule has 1 aliphatic heterocycles. The van der Waals surface area contributed by atoms with Crippen LogP contribution < -0.4 is 4.90 Å². The third kappa shape index (κ3) is 3.31. The molecule has 2 aliphatic rings. The van der Waals surface area contributed by atoms with Gasteiger partial charge in [-0.15, -0.1) is 0 Å². The second kappa shape index (κ2) is 7.12. The van der Waals surface area contributed by atoms with Crippen molar-refractivity contribution in [2.75, 3.05) is 4.90 Å². The van der Waals surface area contributed by atoms with Gasteiger partial charge in [-0.05, 0) is 54.2 Å². The van der Waals surface area contributed by atoms with Crippen molar-refractivity contribution in [1.82, 2.24) is 19.7 Å². The first kappa shape index (κ1) is 20.4. The lowest BCUT2D eigenvalue weighted by molar-refractivity contribution is -0.131. The molecule has 0 spiro atoms. The number of hydrogen-bond donors (Lipinski definition) is 1. The zero-order chi connectivity index (χ0) is 22.9. The molecule has 1 saturated heterocycles. The summed E-state index contributed by atoms with van der Waals surface area (Å²) in [6.07, 6.45) is 6.41. The first-order valence-corrected chi connectivity index (χ1v) is 11.2. The Bertz CT molecular complexity index is 1390. The molecule has 2 aromatic heterocycles. The Hall–Kier alpha value is -3.26. The molecule has 9 heteroatoms. The molecule has 1 N–H and O–H groups in total. The third-order valence-corrected chi connectivity index (χ3v) is 6.92. The lowest BCUT2D eigenvalue weighted by Gasteiger charge is -2.48. The van der Waals surface area contributed by atoms with Crippen LogP contribution in [0, 0.1) is 11.8 Å². The molecule has 0 radical (unpaired) electrons. The van der Waals surface area contributed by atoms with Crippen molar-refractivity contribution in [1.29, 1.82) is 0 Å². The standard InChI is InChI=1S/C24H20ClF2N5O/c1-24(26,27)31-11-15(10-30-31)14-4-6-17(18(25)8-14)22-21(13-2-3-13)23(33)32(22)16-5-7-19-20(9-16)29-12-28-19/h4-13,21-22H,2-3H2,1H3,(H,28,29)/t21-,22+/m0/s1. The summed E-state index contributed by atoms with van der Waals surface area (Å²) in [5, 5.41) is 4.26. The fraction of sp³-hybridized carbons (Fsp3) is 0.292. The lowest BCUT2D eigenvalue weighted by atomic mass is 9.78. The number of aromatic nitrogens is 4. The summed E-state index contributed by atoms with van der Waals surface area (Å²) >= 11 is 6.72. The molecular weight excluding hydrogens is 448 g/mol. The number of carbonyl (C=O) groups excluding carboxylic acids is 1. The topological polar surface area (TPSA) is 66.8 Å². The van der Waals surface area contributed by atoms with Crippen molar-refractivity contribution in [2.45, 2.75) is 31.9 Å². The van der Waals surface area contributed by atoms with Gasteiger partial charge >= 0.3 is 6.05 Å². The van der Waals surface area contributed by atoms with Crippen LogP contribution in [0.3, 0.4) is 0 Å². The molecule has 168 valence electrons. The van der Waals surface area contributed by atoms with Crippen molar-refractivity contribution in [3.63, 3.8) is 0 Å². The van der Waals surface area contributed by atoms with Crippen molar-refractivity contribution in [3.8, 4) is 11.1 Å². The van der Waals surface area contributed by atoms with Crippen LogP contribution in [0.15, 0.2) is 55.1 Å². The van der Waals surface area contributed by atoms with E-state index in [1.165, 1.54) is 12.4 Å². The van der Waals surface area contributed by atoms with Gasteiger partial charge in [0.05, 0.1) is 35.5 Å². The highest BCUT2D eigenvalue weighted by Gasteiger charge is 2.55. The van der Waals surface area contributed by atoms with Gasteiger partial charge in [0.15, 0.2) is 0 Å². The largest absolute Gasteiger partial charge is 0.345 e. The number of fused-ring (bicyclic) bond motifs is 1. The molecular formula is C24H20ClF2N5O. The van der Waals surface area contributed by atoms with Gasteiger partial charge in [-0.25, -0.2) is 9.67 Å². The monoisotopic (exact) mass is 467 g/mol. The summed E-state index contributed by atoms with van der Waals surface area (Å²) in [6, 6.07) is 7.97. The highest BCUT2D eigenvalue weighted by Crippen LogP contribution is 2.55. The van der Waals surface area contributed by atoms with Gasteiger partial charge in [-0.1, -0.05) is 23.7 Å². The van der Waals surface area contributed by atoms with Crippen LogP contribution in [-0.4, -0.2) is 25.7 Å². The maximum absolute atomic E-state index is 13.6. The normalized spacial score (nSPS) is 21.0. The second-order valence-corrected chi connectivity index (χ2v) is 9.28. The Morgan fingerprint density at radius 1 is 1.15 bits per heavy atom. The Kier molecular flexibility index (Phi) is 4.39. The molecule has 6 rings (SSSR count). The van der Waals surface area contributed by atoms with Crippen LogP contribution in [0.4, 0.5) is 14.5 Å². The van der Waals surface area contributed by atoms with Crippen LogP contribution in [0.25, 0.3) is 22.2 Å². The van der Waals surface area contributed by atoms with Crippen LogP contribution in [0.2, 0.25) is 5.02 Å². The summed E-state index contributed by atoms with van der Waals surface area (Å²) in [6.45, 7) is 0.792. The summed E-state index contributed by atoms with van der Waals surface area (Å²) in [5.41, 5.74) is 4.58. The highest BCUT2D eigenvalue weighted by atomic mass is 35.5. The first-order chi connectivity index (χ1) is 15.8. The number of aromatic amines is 1. The maximum atomic E-state index is 13.6. The van der Waals surface area contributed by atoms with Gasteiger partial charge < -0.3 is 9.88 Å². The van der Waals surface area contributed by atoms with E-state index in [1.54, 1.807) is 17.3 Å². The highest BCUT2D eigenvalue weighted by molar-refractivity contribution is 6.32. The smallest absolute Gasteiger partial charge is 0.340 e. The zero-order valence-electron chi connectivity index (χ0n) is 17.7. The van der Waals surface area contributed by atoms with E-state index in [9.17, 15) is 13.6 Å². The first-order valence-electron chi connectivity index (χ1n) is 10.8. The Morgan fingerprint density at radius 2 is 1.97 bits per heavy atom. The van der Waals surface area contributed by atoms with E-state index >= 15 is 0 Å². The number of nitrogens with one attached hydrogen (secondary N) is 1. The molecule has 1 amide bonds. The number of alkyl halides is 2. The van der Waals surface area contributed by atoms with Crippen LogP contribution in [0.5, 0.6) is 0 Å². The number of halogens is 3. The van der Waals surface area contributed by atoms with E-state index in [2.05, 4.69) is 15.1 Å². The summed E-state index contributed by atoms with van der Waals surface area (Å²) in [4.78, 5) is 22.3. The molecule has 0 unspecified atom stereocenters. The molecule has 1 aliphatic carbocycles. The summed E-state index contributed by atoms with van der Waals surface area (Å²) in [7, 11) is 0. The number of amides is 1. The minimum atomic E-state index is -3.08. The van der Waals surface area contributed by atoms with Gasteiger partial charge in [-0.3, -0.25) is 4.79 Å². The predicted molar refractivity (Wildman–Crippen MR) is 121 cm³/mol. The SMILES string of the molecule is CC(F)(F)n1cc(-c2ccc([C@@H]3[C@H](C4CC4)C(=O)N3c3ccc4[nH]cnc4c3)c(Cl)c2)cn1. The number of β-lactam (4-membered cyclic amide) rings is 1. The molecule has 2 fully saturated rings. The number of benzene rings is 2. The number of rotatable bonds is 5. The quantitative estimate of drug-likeness (QED) is 0.379. The van der Waals surface area contributed by atoms with E-state index in [4.69, 9.17) is 11.6 Å². The number of carbonyl (C=O) groups is 1. The minimum absolute atomic E-state index is 0.101. The van der Waals surface area contributed by atoms with Gasteiger partial charge in [0.1, 0.15) is 0 Å². The summed E-state index contributed by atoms with van der Waals surface area (Å²) in [5.74, 6) is 0.363. The van der Waals surface area contributed by atoms with E-state index in [0.29, 0.717) is 26.7 Å². The predicted octanol–water partition coefficient (Wildman–Crippen LogP) is 5.76. The van der Waals surface area contributed by atoms with Gasteiger partial charge in [-0.2, -0.15) is 13.9 Å². The molecule has 3 heterocycles. The molecule has 2 aromatic carbocycles. The third-order valence-electron chi connectivity index (χ3n) is 6.59. The number of hydrogen-bond acceptors (Lipinski definition) is 3. The van der Waals surface area contributed by atoms with Crippen LogP contribution in [-0.2, 0) is 10.8 Å². The van der Waals surface area contributed by atoms with Gasteiger partial charge in [0.2, 0.25) is 5.91 Å². The number of H-pyrrole nitrogens is 1. The molecule has 1 saturated carbocycles. The van der Waals surface area contributed by atoms with E-state index in [-0.39, 0.29) is 17.9 Å². The molecule has 2 atom stereocenters. The van der Waals surface area contributed by atoms with E-state index in [1.807, 2.05) is 30.3 Å². The fourth-order valence-electron chi connectivity index (χ4n) is 4.75. The second-order valence-electron chi connectivity index (χ2n) is 8.87. The van der Waals surface area contributed by atoms with E-state index < -0.39 is 6.05 Å². The summed E-state index contributed by atoms with van der Waals surface area (Å²) < 4.78 is 27.7. The number of imidazole rings is 1. The maximum Gasteiger partial charge on any atom is 0.340 e. The minimum Gasteiger partial charge on any atom is -0.345 e. The Balaban J connectivity index is 1.37. The lowest BCUT2D eigenvalue weighted by Crippen LogP contribution is -2.56. The number of nitrogens with zero attached hydrogens (tertiary/aromatic N) is 4. The van der Waals surface area contributed by atoms with Crippen molar-refractivity contribution < 1.29 is 13.6 Å². The molecule has 0 bridgehead atoms. The Labute approximate surface area is 193 Å². The Morgan fingerprint density at radius 3 is 2.67 bits per heavy atom. The average molecular weight is 468 g/mol. The van der Waals surface area contributed by atoms with Crippen molar-refractivity contribution in [2.24, 2.45) is 11.8 Å². The van der Waals surface area contributed by atoms with Crippen LogP contribution in [0.1, 0.15) is 31.4 Å². The fourth-order valence-corrected chi connectivity index (χ4v) is 5.04. The molecule has 4 aromatic rings. The van der Waals surface area contributed by atoms with E-state index in [0.717, 1.165) is 42.0 Å². The molecule has 33 heavy (non-hydrogen) atoms. The average Bonchev–Trinajstić information content (AvgIpc) is 3.25. The van der Waals surface area contributed by atoms with Crippen molar-refractivity contribution in [3.05, 3.63) is 65.7 Å². The van der Waals surface area contributed by atoms with Crippen molar-refractivity contribution >= 4 is 34.2 Å². The number of anilines is 1. The van der Waals surface area contributed by atoms with Gasteiger partial charge in [0.25, 0.3) is 0 Å². The van der Waals surface area contributed by atoms with Gasteiger partial charge in [0, 0.05) is 29.4 Å².